The van der Waals surface area contributed by atoms with Crippen LogP contribution in [0.15, 0.2) is 53.5 Å². The highest BCUT2D eigenvalue weighted by molar-refractivity contribution is 6.31. The minimum atomic E-state index is -0.172. The summed E-state index contributed by atoms with van der Waals surface area (Å²) < 4.78 is 1.76. The molecule has 0 bridgehead atoms. The molecule has 4 aromatic rings. The van der Waals surface area contributed by atoms with Crippen molar-refractivity contribution in [2.24, 2.45) is 5.92 Å². The van der Waals surface area contributed by atoms with Gasteiger partial charge in [0, 0.05) is 48.3 Å². The number of H-pyrrole nitrogens is 1. The van der Waals surface area contributed by atoms with E-state index in [9.17, 15) is 9.59 Å². The molecule has 1 fully saturated rings. The van der Waals surface area contributed by atoms with Crippen molar-refractivity contribution in [3.8, 4) is 0 Å². The van der Waals surface area contributed by atoms with E-state index >= 15 is 0 Å². The third-order valence-electron chi connectivity index (χ3n) is 6.67. The van der Waals surface area contributed by atoms with Gasteiger partial charge in [0.05, 0.1) is 17.0 Å². The lowest BCUT2D eigenvalue weighted by Crippen LogP contribution is -2.46. The van der Waals surface area contributed by atoms with Crippen LogP contribution in [-0.4, -0.2) is 40.1 Å². The van der Waals surface area contributed by atoms with Gasteiger partial charge in [-0.3, -0.25) is 9.59 Å². The molecule has 0 unspecified atom stereocenters. The van der Waals surface area contributed by atoms with Crippen molar-refractivity contribution >= 4 is 45.3 Å². The molecule has 8 heteroatoms. The summed E-state index contributed by atoms with van der Waals surface area (Å²) in [5.41, 5.74) is 3.70. The zero-order valence-electron chi connectivity index (χ0n) is 19.2. The number of nitrogens with one attached hydrogen (secondary N) is 2. The second-order valence-electron chi connectivity index (χ2n) is 8.80. The van der Waals surface area contributed by atoms with Crippen molar-refractivity contribution in [1.29, 1.82) is 0 Å². The molecule has 1 amide bonds. The number of benzene rings is 2. The van der Waals surface area contributed by atoms with Gasteiger partial charge in [-0.05, 0) is 62.1 Å². The van der Waals surface area contributed by atoms with Crippen LogP contribution in [0.3, 0.4) is 0 Å². The molecule has 2 N–H and O–H groups in total. The molecule has 176 valence electrons. The van der Waals surface area contributed by atoms with Crippen LogP contribution in [-0.2, 0) is 17.8 Å². The zero-order valence-corrected chi connectivity index (χ0v) is 19.9. The summed E-state index contributed by atoms with van der Waals surface area (Å²) in [6, 6.07) is 13.5. The van der Waals surface area contributed by atoms with E-state index in [1.807, 2.05) is 60.5 Å². The summed E-state index contributed by atoms with van der Waals surface area (Å²) in [7, 11) is 0. The zero-order chi connectivity index (χ0) is 23.7. The second kappa shape index (κ2) is 9.50. The summed E-state index contributed by atoms with van der Waals surface area (Å²) in [5, 5.41) is 4.87. The predicted octanol–water partition coefficient (Wildman–Crippen LogP) is 4.13. The Balaban J connectivity index is 1.27. The van der Waals surface area contributed by atoms with E-state index in [0.717, 1.165) is 53.3 Å². The molecule has 2 aromatic carbocycles. The summed E-state index contributed by atoms with van der Waals surface area (Å²) in [6.45, 7) is 4.31. The summed E-state index contributed by atoms with van der Waals surface area (Å²) in [4.78, 5) is 36.1. The highest BCUT2D eigenvalue weighted by atomic mass is 35.5. The number of piperidine rings is 1. The first-order valence-electron chi connectivity index (χ1n) is 11.8. The molecule has 7 nitrogen and oxygen atoms in total. The van der Waals surface area contributed by atoms with Crippen molar-refractivity contribution in [2.75, 3.05) is 24.5 Å². The van der Waals surface area contributed by atoms with Crippen molar-refractivity contribution in [3.05, 3.63) is 69.6 Å². The first-order chi connectivity index (χ1) is 16.5. The van der Waals surface area contributed by atoms with Gasteiger partial charge in [-0.15, -0.1) is 0 Å². The van der Waals surface area contributed by atoms with Gasteiger partial charge in [0.25, 0.3) is 5.56 Å². The molecule has 0 aliphatic carbocycles. The quantitative estimate of drug-likeness (QED) is 0.437. The number of para-hydroxylation sites is 2. The number of hydrogen-bond acceptors (Lipinski definition) is 4. The molecule has 0 saturated carbocycles. The van der Waals surface area contributed by atoms with Crippen LogP contribution < -0.4 is 15.8 Å². The van der Waals surface area contributed by atoms with Crippen molar-refractivity contribution in [2.45, 2.75) is 32.7 Å². The normalized spacial score (nSPS) is 16.3. The number of carbonyl (C=O) groups is 1. The van der Waals surface area contributed by atoms with Crippen LogP contribution >= 0.6 is 11.6 Å². The number of fused-ring (bicyclic) bond motifs is 2. The molecule has 34 heavy (non-hydrogen) atoms. The largest absolute Gasteiger partial charge is 0.361 e. The van der Waals surface area contributed by atoms with Crippen LogP contribution in [0.4, 0.5) is 5.82 Å². The lowest BCUT2D eigenvalue weighted by atomic mass is 9.97. The van der Waals surface area contributed by atoms with Crippen LogP contribution in [0.1, 0.15) is 25.3 Å². The SMILES string of the molecule is CCn1c(=O)c(N2CCC[C@@H](C(=O)NCCc3c[nH]c4ccc(Cl)cc34)C2)nc2ccccc21. The molecule has 1 aliphatic rings. The van der Waals surface area contributed by atoms with E-state index in [2.05, 4.69) is 15.3 Å². The third kappa shape index (κ3) is 4.28. The van der Waals surface area contributed by atoms with E-state index in [4.69, 9.17) is 11.6 Å². The van der Waals surface area contributed by atoms with Gasteiger partial charge in [-0.25, -0.2) is 4.98 Å². The molecule has 5 rings (SSSR count). The maximum atomic E-state index is 13.2. The average Bonchev–Trinajstić information content (AvgIpc) is 3.25. The van der Waals surface area contributed by atoms with Gasteiger partial charge in [-0.1, -0.05) is 23.7 Å². The fourth-order valence-electron chi connectivity index (χ4n) is 4.90. The smallest absolute Gasteiger partial charge is 0.293 e. The molecule has 2 aromatic heterocycles. The van der Waals surface area contributed by atoms with Gasteiger partial charge in [-0.2, -0.15) is 0 Å². The van der Waals surface area contributed by atoms with Gasteiger partial charge in [0.2, 0.25) is 5.91 Å². The Labute approximate surface area is 202 Å². The third-order valence-corrected chi connectivity index (χ3v) is 6.90. The maximum absolute atomic E-state index is 13.2. The summed E-state index contributed by atoms with van der Waals surface area (Å²) >= 11 is 6.14. The minimum Gasteiger partial charge on any atom is -0.361 e. The monoisotopic (exact) mass is 477 g/mol. The van der Waals surface area contributed by atoms with Crippen LogP contribution in [0, 0.1) is 5.92 Å². The molecular weight excluding hydrogens is 450 g/mol. The molecule has 0 radical (unpaired) electrons. The number of aromatic amines is 1. The highest BCUT2D eigenvalue weighted by Crippen LogP contribution is 2.24. The Bertz CT molecular complexity index is 1410. The number of rotatable bonds is 6. The first-order valence-corrected chi connectivity index (χ1v) is 12.2. The Morgan fingerprint density at radius 2 is 2.12 bits per heavy atom. The van der Waals surface area contributed by atoms with E-state index < -0.39 is 0 Å². The van der Waals surface area contributed by atoms with Crippen LogP contribution in [0.25, 0.3) is 21.9 Å². The van der Waals surface area contributed by atoms with Crippen molar-refractivity contribution in [1.82, 2.24) is 19.9 Å². The predicted molar refractivity (Wildman–Crippen MR) is 137 cm³/mol. The van der Waals surface area contributed by atoms with E-state index in [0.29, 0.717) is 30.5 Å². The average molecular weight is 478 g/mol. The van der Waals surface area contributed by atoms with Crippen molar-refractivity contribution in [3.63, 3.8) is 0 Å². The number of halogens is 1. The number of amides is 1. The fourth-order valence-corrected chi connectivity index (χ4v) is 5.08. The van der Waals surface area contributed by atoms with E-state index in [-0.39, 0.29) is 17.4 Å². The van der Waals surface area contributed by atoms with Gasteiger partial charge in [0.1, 0.15) is 0 Å². The standard InChI is InChI=1S/C26H28ClN5O2/c1-2-32-23-8-4-3-7-22(23)30-24(26(32)34)31-13-5-6-18(16-31)25(33)28-12-11-17-15-29-21-10-9-19(27)14-20(17)21/h3-4,7-10,14-15,18,29H,2,5-6,11-13,16H2,1H3,(H,28,33)/t18-/m1/s1. The number of carbonyl (C=O) groups excluding carboxylic acids is 1. The lowest BCUT2D eigenvalue weighted by molar-refractivity contribution is -0.125. The molecule has 1 atom stereocenters. The topological polar surface area (TPSA) is 83.0 Å². The van der Waals surface area contributed by atoms with E-state index in [1.165, 1.54) is 0 Å². The molecule has 1 saturated heterocycles. The number of aryl methyl sites for hydroxylation is 1. The number of nitrogens with zero attached hydrogens (tertiary/aromatic N) is 3. The first kappa shape index (κ1) is 22.5. The van der Waals surface area contributed by atoms with Gasteiger partial charge >= 0.3 is 0 Å². The molecule has 1 aliphatic heterocycles. The molecule has 3 heterocycles. The van der Waals surface area contributed by atoms with E-state index in [1.54, 1.807) is 4.57 Å². The Hall–Kier alpha value is -3.32. The molecular formula is C26H28ClN5O2. The Morgan fingerprint density at radius 1 is 1.26 bits per heavy atom. The summed E-state index contributed by atoms with van der Waals surface area (Å²) in [6.07, 6.45) is 4.34. The van der Waals surface area contributed by atoms with Crippen LogP contribution in [0.2, 0.25) is 5.02 Å². The van der Waals surface area contributed by atoms with Gasteiger partial charge < -0.3 is 19.8 Å². The number of aromatic nitrogens is 3. The number of anilines is 1. The number of hydrogen-bond donors (Lipinski definition) is 2. The fraction of sp³-hybridized carbons (Fsp3) is 0.346. The highest BCUT2D eigenvalue weighted by Gasteiger charge is 2.28. The Morgan fingerprint density at radius 3 is 2.97 bits per heavy atom. The second-order valence-corrected chi connectivity index (χ2v) is 9.24. The Kier molecular flexibility index (Phi) is 6.28. The minimum absolute atomic E-state index is 0.0270. The van der Waals surface area contributed by atoms with Crippen LogP contribution in [0.5, 0.6) is 0 Å². The van der Waals surface area contributed by atoms with Gasteiger partial charge in [0.15, 0.2) is 5.82 Å². The molecule has 0 spiro atoms. The summed E-state index contributed by atoms with van der Waals surface area (Å²) in [5.74, 6) is 0.293. The lowest BCUT2D eigenvalue weighted by Gasteiger charge is -2.32. The maximum Gasteiger partial charge on any atom is 0.293 e. The van der Waals surface area contributed by atoms with Crippen molar-refractivity contribution < 1.29 is 4.79 Å².